The van der Waals surface area contributed by atoms with E-state index >= 15 is 0 Å². The highest BCUT2D eigenvalue weighted by Gasteiger charge is 2.22. The van der Waals surface area contributed by atoms with E-state index in [0.29, 0.717) is 6.04 Å². The lowest BCUT2D eigenvalue weighted by Crippen LogP contribution is -2.43. The summed E-state index contributed by atoms with van der Waals surface area (Å²) in [6.45, 7) is 2.11. The van der Waals surface area contributed by atoms with Gasteiger partial charge < -0.3 is 14.5 Å². The predicted molar refractivity (Wildman–Crippen MR) is 85.3 cm³/mol. The molecule has 1 amide bonds. The van der Waals surface area contributed by atoms with Gasteiger partial charge in [0.2, 0.25) is 5.91 Å². The third-order valence-corrected chi connectivity index (χ3v) is 4.10. The molecule has 4 nitrogen and oxygen atoms in total. The molecule has 0 bridgehead atoms. The number of nitrogens with zero attached hydrogens (tertiary/aromatic N) is 2. The van der Waals surface area contributed by atoms with Gasteiger partial charge in [0, 0.05) is 19.2 Å². The highest BCUT2D eigenvalue weighted by atomic mass is 16.5. The van der Waals surface area contributed by atoms with E-state index in [-0.39, 0.29) is 5.91 Å². The molecule has 1 fully saturated rings. The van der Waals surface area contributed by atoms with Crippen molar-refractivity contribution in [3.63, 3.8) is 0 Å². The standard InChI is InChI=1S/C17H24N2O2/c1-18-11-9-15(10-12-18)19(2)17(20)8-7-14-5-4-6-16(13-14)21-3/h4-8,13,15H,9-12H2,1-3H3. The number of carbonyl (C=O) groups is 1. The van der Waals surface area contributed by atoms with Crippen molar-refractivity contribution in [1.82, 2.24) is 9.80 Å². The van der Waals surface area contributed by atoms with E-state index in [1.54, 1.807) is 13.2 Å². The number of ether oxygens (including phenoxy) is 1. The fourth-order valence-electron chi connectivity index (χ4n) is 2.59. The molecule has 21 heavy (non-hydrogen) atoms. The van der Waals surface area contributed by atoms with Gasteiger partial charge in [-0.15, -0.1) is 0 Å². The fourth-order valence-corrected chi connectivity index (χ4v) is 2.59. The van der Waals surface area contributed by atoms with Crippen molar-refractivity contribution >= 4 is 12.0 Å². The molecule has 1 saturated heterocycles. The molecule has 0 saturated carbocycles. The molecule has 1 heterocycles. The summed E-state index contributed by atoms with van der Waals surface area (Å²) >= 11 is 0. The molecule has 1 aliphatic heterocycles. The summed E-state index contributed by atoms with van der Waals surface area (Å²) in [7, 11) is 5.66. The van der Waals surface area contributed by atoms with Gasteiger partial charge in [-0.1, -0.05) is 12.1 Å². The van der Waals surface area contributed by atoms with Crippen LogP contribution in [0, 0.1) is 0 Å². The van der Waals surface area contributed by atoms with Crippen LogP contribution in [-0.4, -0.2) is 56.0 Å². The minimum absolute atomic E-state index is 0.0624. The maximum atomic E-state index is 12.2. The second-order valence-corrected chi connectivity index (χ2v) is 5.59. The lowest BCUT2D eigenvalue weighted by molar-refractivity contribution is -0.127. The Kier molecular flexibility index (Phi) is 5.39. The van der Waals surface area contributed by atoms with E-state index in [4.69, 9.17) is 4.74 Å². The Hall–Kier alpha value is -1.81. The predicted octanol–water partition coefficient (Wildman–Crippen LogP) is 2.26. The van der Waals surface area contributed by atoms with Crippen LogP contribution in [0.3, 0.4) is 0 Å². The van der Waals surface area contributed by atoms with Gasteiger partial charge >= 0.3 is 0 Å². The van der Waals surface area contributed by atoms with Crippen LogP contribution < -0.4 is 4.74 Å². The lowest BCUT2D eigenvalue weighted by Gasteiger charge is -2.34. The number of amides is 1. The van der Waals surface area contributed by atoms with Crippen LogP contribution in [0.15, 0.2) is 30.3 Å². The van der Waals surface area contributed by atoms with Crippen molar-refractivity contribution in [3.8, 4) is 5.75 Å². The normalized spacial score (nSPS) is 17.1. The van der Waals surface area contributed by atoms with Crippen LogP contribution in [0.1, 0.15) is 18.4 Å². The number of hydrogen-bond acceptors (Lipinski definition) is 3. The molecule has 0 atom stereocenters. The largest absolute Gasteiger partial charge is 0.497 e. The fraction of sp³-hybridized carbons (Fsp3) is 0.471. The summed E-state index contributed by atoms with van der Waals surface area (Å²) in [5.41, 5.74) is 0.972. The van der Waals surface area contributed by atoms with Gasteiger partial charge in [0.1, 0.15) is 5.75 Å². The first-order valence-electron chi connectivity index (χ1n) is 7.37. The first kappa shape index (κ1) is 15.6. The van der Waals surface area contributed by atoms with Crippen molar-refractivity contribution in [1.29, 1.82) is 0 Å². The Balaban J connectivity index is 1.94. The number of carbonyl (C=O) groups excluding carboxylic acids is 1. The number of likely N-dealkylation sites (tertiary alicyclic amines) is 1. The maximum absolute atomic E-state index is 12.2. The number of benzene rings is 1. The second kappa shape index (κ2) is 7.27. The van der Waals surface area contributed by atoms with Crippen molar-refractivity contribution in [3.05, 3.63) is 35.9 Å². The number of likely N-dealkylation sites (N-methyl/N-ethyl adjacent to an activating group) is 1. The minimum atomic E-state index is 0.0624. The molecule has 1 aromatic rings. The van der Waals surface area contributed by atoms with E-state index in [1.165, 1.54) is 0 Å². The molecule has 1 aliphatic rings. The highest BCUT2D eigenvalue weighted by molar-refractivity contribution is 5.91. The van der Waals surface area contributed by atoms with E-state index in [9.17, 15) is 4.79 Å². The zero-order valence-electron chi connectivity index (χ0n) is 13.1. The summed E-state index contributed by atoms with van der Waals surface area (Å²) in [4.78, 5) is 16.4. The van der Waals surface area contributed by atoms with Crippen molar-refractivity contribution in [2.45, 2.75) is 18.9 Å². The lowest BCUT2D eigenvalue weighted by atomic mass is 10.0. The topological polar surface area (TPSA) is 32.8 Å². The zero-order chi connectivity index (χ0) is 15.2. The SMILES string of the molecule is COc1cccc(C=CC(=O)N(C)C2CCN(C)CC2)c1. The number of piperidine rings is 1. The minimum Gasteiger partial charge on any atom is -0.497 e. The van der Waals surface area contributed by atoms with Crippen LogP contribution in [0.2, 0.25) is 0 Å². The van der Waals surface area contributed by atoms with Gasteiger partial charge in [-0.3, -0.25) is 4.79 Å². The summed E-state index contributed by atoms with van der Waals surface area (Å²) < 4.78 is 5.18. The zero-order valence-corrected chi connectivity index (χ0v) is 13.1. The first-order valence-corrected chi connectivity index (χ1v) is 7.37. The Morgan fingerprint density at radius 2 is 2.10 bits per heavy atom. The van der Waals surface area contributed by atoms with E-state index in [1.807, 2.05) is 42.3 Å². The highest BCUT2D eigenvalue weighted by Crippen LogP contribution is 2.16. The van der Waals surface area contributed by atoms with Crippen LogP contribution in [-0.2, 0) is 4.79 Å². The van der Waals surface area contributed by atoms with E-state index in [0.717, 1.165) is 37.2 Å². The smallest absolute Gasteiger partial charge is 0.246 e. The summed E-state index contributed by atoms with van der Waals surface area (Å²) in [6.07, 6.45) is 5.58. The average molecular weight is 288 g/mol. The Bertz CT molecular complexity index is 505. The van der Waals surface area contributed by atoms with Crippen LogP contribution >= 0.6 is 0 Å². The first-order chi connectivity index (χ1) is 10.1. The Morgan fingerprint density at radius 1 is 1.38 bits per heavy atom. The molecule has 1 aromatic carbocycles. The molecule has 0 N–H and O–H groups in total. The van der Waals surface area contributed by atoms with E-state index < -0.39 is 0 Å². The van der Waals surface area contributed by atoms with Crippen molar-refractivity contribution < 1.29 is 9.53 Å². The van der Waals surface area contributed by atoms with Crippen molar-refractivity contribution in [2.75, 3.05) is 34.3 Å². The van der Waals surface area contributed by atoms with Crippen LogP contribution in [0.25, 0.3) is 6.08 Å². The Morgan fingerprint density at radius 3 is 2.76 bits per heavy atom. The molecule has 4 heteroatoms. The maximum Gasteiger partial charge on any atom is 0.246 e. The van der Waals surface area contributed by atoms with Crippen LogP contribution in [0.5, 0.6) is 5.75 Å². The molecule has 0 unspecified atom stereocenters. The monoisotopic (exact) mass is 288 g/mol. The molecule has 0 aromatic heterocycles. The van der Waals surface area contributed by atoms with Gasteiger partial charge in [0.25, 0.3) is 0 Å². The molecular weight excluding hydrogens is 264 g/mol. The quantitative estimate of drug-likeness (QED) is 0.797. The molecule has 2 rings (SSSR count). The summed E-state index contributed by atoms with van der Waals surface area (Å²) in [5.74, 6) is 0.862. The average Bonchev–Trinajstić information content (AvgIpc) is 2.53. The molecule has 0 aliphatic carbocycles. The molecule has 0 radical (unpaired) electrons. The van der Waals surface area contributed by atoms with Gasteiger partial charge in [0.05, 0.1) is 7.11 Å². The third kappa shape index (κ3) is 4.33. The third-order valence-electron chi connectivity index (χ3n) is 4.10. The second-order valence-electron chi connectivity index (χ2n) is 5.59. The van der Waals surface area contributed by atoms with Crippen molar-refractivity contribution in [2.24, 2.45) is 0 Å². The number of hydrogen-bond donors (Lipinski definition) is 0. The van der Waals surface area contributed by atoms with Gasteiger partial charge in [-0.2, -0.15) is 0 Å². The van der Waals surface area contributed by atoms with E-state index in [2.05, 4.69) is 11.9 Å². The van der Waals surface area contributed by atoms with Gasteiger partial charge in [-0.05, 0) is 56.8 Å². The number of rotatable bonds is 4. The van der Waals surface area contributed by atoms with Crippen LogP contribution in [0.4, 0.5) is 0 Å². The molecule has 114 valence electrons. The summed E-state index contributed by atoms with van der Waals surface area (Å²) in [6, 6.07) is 8.04. The number of methoxy groups -OCH3 is 1. The molecular formula is C17H24N2O2. The summed E-state index contributed by atoms with van der Waals surface area (Å²) in [5, 5.41) is 0. The van der Waals surface area contributed by atoms with Gasteiger partial charge in [-0.25, -0.2) is 0 Å². The molecule has 0 spiro atoms. The Labute approximate surface area is 127 Å². The van der Waals surface area contributed by atoms with Gasteiger partial charge in [0.15, 0.2) is 0 Å².